The summed E-state index contributed by atoms with van der Waals surface area (Å²) in [4.78, 5) is 8.29. The van der Waals surface area contributed by atoms with E-state index in [0.717, 1.165) is 15.8 Å². The summed E-state index contributed by atoms with van der Waals surface area (Å²) in [5.74, 6) is 0. The van der Waals surface area contributed by atoms with Crippen LogP contribution in [0.1, 0.15) is 26.3 Å². The number of nitrogens with one attached hydrogen (secondary N) is 1. The largest absolute Gasteiger partial charge is 0.331 e. The van der Waals surface area contributed by atoms with E-state index >= 15 is 0 Å². The molecule has 0 aliphatic rings. The third-order valence-electron chi connectivity index (χ3n) is 3.14. The predicted octanol–water partition coefficient (Wildman–Crippen LogP) is 3.76. The standard InChI is InChI=1S/C15H17N5S/c1-15(2,3)11-4-6-12(7-5-11)19-14-17-8-13(21-14)20-10-16-9-18-20/h4-10H,1-3H3,(H,17,19). The molecule has 6 heteroatoms. The number of rotatable bonds is 3. The van der Waals surface area contributed by atoms with E-state index in [1.165, 1.54) is 23.2 Å². The molecule has 0 aliphatic heterocycles. The van der Waals surface area contributed by atoms with Crippen LogP contribution in [-0.4, -0.2) is 19.7 Å². The van der Waals surface area contributed by atoms with Gasteiger partial charge in [-0.1, -0.05) is 44.2 Å². The first kappa shape index (κ1) is 13.8. The number of nitrogens with zero attached hydrogens (tertiary/aromatic N) is 4. The van der Waals surface area contributed by atoms with E-state index in [9.17, 15) is 0 Å². The summed E-state index contributed by atoms with van der Waals surface area (Å²) < 4.78 is 1.70. The van der Waals surface area contributed by atoms with Crippen molar-refractivity contribution in [3.63, 3.8) is 0 Å². The van der Waals surface area contributed by atoms with Gasteiger partial charge in [0.25, 0.3) is 0 Å². The van der Waals surface area contributed by atoms with Gasteiger partial charge < -0.3 is 5.32 Å². The Hall–Kier alpha value is -2.21. The van der Waals surface area contributed by atoms with E-state index in [0.29, 0.717) is 0 Å². The fourth-order valence-corrected chi connectivity index (χ4v) is 2.69. The molecule has 2 heterocycles. The van der Waals surface area contributed by atoms with E-state index in [1.54, 1.807) is 17.2 Å². The fourth-order valence-electron chi connectivity index (χ4n) is 1.93. The molecular formula is C15H17N5S. The number of aromatic nitrogens is 4. The average molecular weight is 299 g/mol. The maximum absolute atomic E-state index is 4.36. The zero-order chi connectivity index (χ0) is 14.9. The van der Waals surface area contributed by atoms with Crippen LogP contribution in [0.5, 0.6) is 0 Å². The second-order valence-corrected chi connectivity index (χ2v) is 6.81. The number of thiazole rings is 1. The van der Waals surface area contributed by atoms with Crippen molar-refractivity contribution in [3.8, 4) is 5.00 Å². The molecule has 2 aromatic heterocycles. The van der Waals surface area contributed by atoms with Crippen LogP contribution in [0.2, 0.25) is 0 Å². The van der Waals surface area contributed by atoms with E-state index in [-0.39, 0.29) is 5.41 Å². The summed E-state index contributed by atoms with van der Waals surface area (Å²) in [6, 6.07) is 8.46. The molecule has 0 atom stereocenters. The zero-order valence-electron chi connectivity index (χ0n) is 12.2. The normalized spacial score (nSPS) is 11.6. The van der Waals surface area contributed by atoms with Crippen LogP contribution >= 0.6 is 11.3 Å². The second-order valence-electron chi connectivity index (χ2n) is 5.80. The molecule has 108 valence electrons. The van der Waals surface area contributed by atoms with Gasteiger partial charge in [0.2, 0.25) is 0 Å². The van der Waals surface area contributed by atoms with Crippen LogP contribution in [0.25, 0.3) is 5.00 Å². The molecule has 0 fully saturated rings. The first-order valence-corrected chi connectivity index (χ1v) is 7.52. The molecule has 1 aromatic carbocycles. The molecule has 0 bridgehead atoms. The molecule has 0 radical (unpaired) electrons. The van der Waals surface area contributed by atoms with Gasteiger partial charge in [-0.25, -0.2) is 14.6 Å². The van der Waals surface area contributed by atoms with Crippen LogP contribution < -0.4 is 5.32 Å². The first-order chi connectivity index (χ1) is 10.0. The molecule has 0 saturated heterocycles. The lowest BCUT2D eigenvalue weighted by molar-refractivity contribution is 0.590. The van der Waals surface area contributed by atoms with E-state index in [4.69, 9.17) is 0 Å². The highest BCUT2D eigenvalue weighted by atomic mass is 32.1. The summed E-state index contributed by atoms with van der Waals surface area (Å²) in [6.45, 7) is 6.63. The lowest BCUT2D eigenvalue weighted by Crippen LogP contribution is -2.10. The van der Waals surface area contributed by atoms with Crippen molar-refractivity contribution in [3.05, 3.63) is 48.7 Å². The van der Waals surface area contributed by atoms with Gasteiger partial charge in [-0.05, 0) is 23.1 Å². The number of anilines is 2. The van der Waals surface area contributed by atoms with Crippen LogP contribution in [0.4, 0.5) is 10.8 Å². The van der Waals surface area contributed by atoms with Crippen LogP contribution in [0, 0.1) is 0 Å². The molecule has 3 aromatic rings. The molecule has 0 unspecified atom stereocenters. The van der Waals surface area contributed by atoms with Crippen LogP contribution in [0.3, 0.4) is 0 Å². The lowest BCUT2D eigenvalue weighted by atomic mass is 9.87. The molecule has 0 spiro atoms. The third kappa shape index (κ3) is 3.11. The Kier molecular flexibility index (Phi) is 3.47. The summed E-state index contributed by atoms with van der Waals surface area (Å²) in [7, 11) is 0. The van der Waals surface area contributed by atoms with Crippen molar-refractivity contribution in [1.82, 2.24) is 19.7 Å². The van der Waals surface area contributed by atoms with Gasteiger partial charge in [0.1, 0.15) is 17.7 Å². The van der Waals surface area contributed by atoms with Crippen molar-refractivity contribution in [2.24, 2.45) is 0 Å². The van der Waals surface area contributed by atoms with Gasteiger partial charge in [-0.3, -0.25) is 0 Å². The number of hydrogen-bond donors (Lipinski definition) is 1. The molecule has 21 heavy (non-hydrogen) atoms. The van der Waals surface area contributed by atoms with Gasteiger partial charge in [0.05, 0.1) is 6.20 Å². The van der Waals surface area contributed by atoms with E-state index < -0.39 is 0 Å². The van der Waals surface area contributed by atoms with Crippen molar-refractivity contribution >= 4 is 22.2 Å². The monoisotopic (exact) mass is 299 g/mol. The molecule has 0 aliphatic carbocycles. The molecule has 1 N–H and O–H groups in total. The molecule has 0 saturated carbocycles. The average Bonchev–Trinajstić information content (AvgIpc) is 3.08. The highest BCUT2D eigenvalue weighted by Gasteiger charge is 2.13. The Labute approximate surface area is 127 Å². The SMILES string of the molecule is CC(C)(C)c1ccc(Nc2ncc(-n3cncn3)s2)cc1. The Morgan fingerprint density at radius 1 is 1.14 bits per heavy atom. The quantitative estimate of drug-likeness (QED) is 0.800. The van der Waals surface area contributed by atoms with E-state index in [2.05, 4.69) is 65.4 Å². The van der Waals surface area contributed by atoms with Gasteiger partial charge in [0.15, 0.2) is 5.13 Å². The predicted molar refractivity (Wildman–Crippen MR) is 85.5 cm³/mol. The zero-order valence-corrected chi connectivity index (χ0v) is 13.1. The second kappa shape index (κ2) is 5.29. The first-order valence-electron chi connectivity index (χ1n) is 6.71. The molecule has 5 nitrogen and oxygen atoms in total. The Bertz CT molecular complexity index is 707. The van der Waals surface area contributed by atoms with Crippen molar-refractivity contribution in [2.45, 2.75) is 26.2 Å². The van der Waals surface area contributed by atoms with Crippen LogP contribution in [-0.2, 0) is 5.41 Å². The smallest absolute Gasteiger partial charge is 0.189 e. The van der Waals surface area contributed by atoms with Gasteiger partial charge in [-0.15, -0.1) is 0 Å². The van der Waals surface area contributed by atoms with Crippen molar-refractivity contribution < 1.29 is 0 Å². The highest BCUT2D eigenvalue weighted by molar-refractivity contribution is 7.18. The summed E-state index contributed by atoms with van der Waals surface area (Å²) in [5, 5.41) is 9.17. The van der Waals surface area contributed by atoms with Crippen LogP contribution in [0.15, 0.2) is 43.1 Å². The topological polar surface area (TPSA) is 55.6 Å². The minimum atomic E-state index is 0.167. The number of benzene rings is 1. The van der Waals surface area contributed by atoms with Gasteiger partial charge in [0, 0.05) is 5.69 Å². The Morgan fingerprint density at radius 3 is 2.52 bits per heavy atom. The number of hydrogen-bond acceptors (Lipinski definition) is 5. The Balaban J connectivity index is 1.75. The lowest BCUT2D eigenvalue weighted by Gasteiger charge is -2.19. The minimum absolute atomic E-state index is 0.167. The summed E-state index contributed by atoms with van der Waals surface area (Å²) >= 11 is 1.53. The summed E-state index contributed by atoms with van der Waals surface area (Å²) in [5.41, 5.74) is 2.51. The maximum Gasteiger partial charge on any atom is 0.189 e. The van der Waals surface area contributed by atoms with Crippen molar-refractivity contribution in [2.75, 3.05) is 5.32 Å². The molecule has 3 rings (SSSR count). The minimum Gasteiger partial charge on any atom is -0.331 e. The third-order valence-corrected chi connectivity index (χ3v) is 4.04. The highest BCUT2D eigenvalue weighted by Crippen LogP contribution is 2.27. The van der Waals surface area contributed by atoms with Gasteiger partial charge in [-0.2, -0.15) is 5.10 Å². The summed E-state index contributed by atoms with van der Waals surface area (Å²) in [6.07, 6.45) is 4.96. The van der Waals surface area contributed by atoms with E-state index in [1.807, 2.05) is 0 Å². The van der Waals surface area contributed by atoms with Gasteiger partial charge >= 0.3 is 0 Å². The fraction of sp³-hybridized carbons (Fsp3) is 0.267. The molecular weight excluding hydrogens is 282 g/mol. The maximum atomic E-state index is 4.36. The molecule has 0 amide bonds. The van der Waals surface area contributed by atoms with Crippen molar-refractivity contribution in [1.29, 1.82) is 0 Å². The Morgan fingerprint density at radius 2 is 1.90 bits per heavy atom.